The van der Waals surface area contributed by atoms with Crippen LogP contribution in [0.3, 0.4) is 0 Å². The minimum atomic E-state index is -2.89. The van der Waals surface area contributed by atoms with Crippen molar-refractivity contribution in [3.8, 4) is 5.75 Å². The molecule has 0 spiro atoms. The Hall–Kier alpha value is -2.85. The van der Waals surface area contributed by atoms with Gasteiger partial charge in [0, 0.05) is 55.9 Å². The van der Waals surface area contributed by atoms with Crippen LogP contribution in [0.15, 0.2) is 46.7 Å². The van der Waals surface area contributed by atoms with Gasteiger partial charge in [-0.25, -0.2) is 4.98 Å². The molecule has 1 amide bonds. The Bertz CT molecular complexity index is 1060. The van der Waals surface area contributed by atoms with E-state index in [0.717, 1.165) is 0 Å². The summed E-state index contributed by atoms with van der Waals surface area (Å²) in [6.45, 7) is 0.0395. The predicted molar refractivity (Wildman–Crippen MR) is 104 cm³/mol. The van der Waals surface area contributed by atoms with Gasteiger partial charge in [0.25, 0.3) is 11.5 Å². The number of thiazole rings is 1. The summed E-state index contributed by atoms with van der Waals surface area (Å²) < 4.78 is 30.3. The lowest BCUT2D eigenvalue weighted by Crippen LogP contribution is -2.48. The lowest BCUT2D eigenvalue weighted by atomic mass is 10.1. The van der Waals surface area contributed by atoms with E-state index in [1.54, 1.807) is 17.2 Å². The smallest absolute Gasteiger partial charge is 0.387 e. The van der Waals surface area contributed by atoms with Gasteiger partial charge in [-0.2, -0.15) is 8.78 Å². The number of nitrogens with zero attached hydrogens (tertiary/aromatic N) is 4. The third kappa shape index (κ3) is 4.43. The van der Waals surface area contributed by atoms with Crippen LogP contribution >= 0.6 is 11.3 Å². The summed E-state index contributed by atoms with van der Waals surface area (Å²) in [5, 5.41) is 1.82. The summed E-state index contributed by atoms with van der Waals surface area (Å²) in [5.41, 5.74) is 1.05. The number of amides is 1. The third-order valence-corrected chi connectivity index (χ3v) is 5.48. The van der Waals surface area contributed by atoms with Crippen molar-refractivity contribution >= 4 is 22.2 Å². The summed E-state index contributed by atoms with van der Waals surface area (Å²) >= 11 is 1.41. The van der Waals surface area contributed by atoms with Crippen LogP contribution in [0.5, 0.6) is 5.75 Å². The van der Waals surface area contributed by atoms with E-state index in [1.165, 1.54) is 40.0 Å². The molecule has 1 aliphatic rings. The number of benzene rings is 1. The Morgan fingerprint density at radius 2 is 1.90 bits per heavy atom. The molecule has 1 aromatic carbocycles. The van der Waals surface area contributed by atoms with E-state index >= 15 is 0 Å². The van der Waals surface area contributed by atoms with Crippen LogP contribution in [-0.4, -0.2) is 57.9 Å². The van der Waals surface area contributed by atoms with Crippen LogP contribution in [0.2, 0.25) is 0 Å². The standard InChI is InChI=1S/C19H18F2N4O3S/c20-18(21)28-15-3-1-13(2-4-15)17(27)24-7-5-23(6-8-24)12-14-11-16(26)25-9-10-29-19(25)22-14/h1-4,9-11,18H,5-8,12H2. The zero-order chi connectivity index (χ0) is 20.4. The lowest BCUT2D eigenvalue weighted by molar-refractivity contribution is -0.0498. The first-order chi connectivity index (χ1) is 14.0. The molecule has 4 rings (SSSR count). The maximum absolute atomic E-state index is 12.6. The van der Waals surface area contributed by atoms with Crippen molar-refractivity contribution in [1.29, 1.82) is 0 Å². The average molecular weight is 420 g/mol. The van der Waals surface area contributed by atoms with Crippen LogP contribution in [0.25, 0.3) is 4.96 Å². The normalized spacial score (nSPS) is 15.2. The largest absolute Gasteiger partial charge is 0.435 e. The van der Waals surface area contributed by atoms with Crippen LogP contribution in [0.1, 0.15) is 16.1 Å². The fraction of sp³-hybridized carbons (Fsp3) is 0.316. The van der Waals surface area contributed by atoms with Gasteiger partial charge in [-0.15, -0.1) is 11.3 Å². The highest BCUT2D eigenvalue weighted by molar-refractivity contribution is 7.15. The monoisotopic (exact) mass is 420 g/mol. The molecule has 2 aromatic heterocycles. The molecule has 0 N–H and O–H groups in total. The second-order valence-electron chi connectivity index (χ2n) is 6.61. The Morgan fingerprint density at radius 3 is 2.59 bits per heavy atom. The summed E-state index contributed by atoms with van der Waals surface area (Å²) in [4.78, 5) is 33.8. The third-order valence-electron chi connectivity index (χ3n) is 4.73. The molecule has 3 heterocycles. The zero-order valence-electron chi connectivity index (χ0n) is 15.3. The number of aromatic nitrogens is 2. The molecule has 0 bridgehead atoms. The van der Waals surface area contributed by atoms with Crippen molar-refractivity contribution < 1.29 is 18.3 Å². The van der Waals surface area contributed by atoms with Crippen molar-refractivity contribution in [1.82, 2.24) is 19.2 Å². The van der Waals surface area contributed by atoms with Crippen molar-refractivity contribution in [2.45, 2.75) is 13.2 Å². The molecule has 3 aromatic rings. The second-order valence-corrected chi connectivity index (χ2v) is 7.49. The van der Waals surface area contributed by atoms with Crippen LogP contribution in [-0.2, 0) is 6.54 Å². The van der Waals surface area contributed by atoms with E-state index in [1.807, 2.05) is 5.38 Å². The number of alkyl halides is 2. The van der Waals surface area contributed by atoms with Gasteiger partial charge < -0.3 is 9.64 Å². The number of piperazine rings is 1. The van der Waals surface area contributed by atoms with Gasteiger partial charge in [0.15, 0.2) is 4.96 Å². The Morgan fingerprint density at radius 1 is 1.17 bits per heavy atom. The van der Waals surface area contributed by atoms with Crippen molar-refractivity contribution in [3.05, 3.63) is 63.5 Å². The van der Waals surface area contributed by atoms with Gasteiger partial charge in [-0.3, -0.25) is 18.9 Å². The maximum atomic E-state index is 12.6. The zero-order valence-corrected chi connectivity index (χ0v) is 16.1. The average Bonchev–Trinajstić information content (AvgIpc) is 3.17. The number of rotatable bonds is 5. The highest BCUT2D eigenvalue weighted by Crippen LogP contribution is 2.17. The van der Waals surface area contributed by atoms with Gasteiger partial charge >= 0.3 is 6.61 Å². The van der Waals surface area contributed by atoms with Gasteiger partial charge in [-0.1, -0.05) is 0 Å². The van der Waals surface area contributed by atoms with Crippen molar-refractivity contribution in [2.24, 2.45) is 0 Å². The highest BCUT2D eigenvalue weighted by atomic mass is 32.1. The number of carbonyl (C=O) groups is 1. The van der Waals surface area contributed by atoms with Crippen LogP contribution < -0.4 is 10.3 Å². The minimum absolute atomic E-state index is 0.0208. The van der Waals surface area contributed by atoms with Crippen LogP contribution in [0.4, 0.5) is 8.78 Å². The molecule has 0 radical (unpaired) electrons. The summed E-state index contributed by atoms with van der Waals surface area (Å²) in [6, 6.07) is 7.24. The molecule has 0 atom stereocenters. The first kappa shape index (κ1) is 19.5. The number of halogens is 2. The Balaban J connectivity index is 1.34. The summed E-state index contributed by atoms with van der Waals surface area (Å²) in [7, 11) is 0. The molecule has 0 saturated carbocycles. The van der Waals surface area contributed by atoms with Crippen molar-refractivity contribution in [3.63, 3.8) is 0 Å². The summed E-state index contributed by atoms with van der Waals surface area (Å²) in [6.07, 6.45) is 1.70. The van der Waals surface area contributed by atoms with Crippen LogP contribution in [0, 0.1) is 0 Å². The molecule has 7 nitrogen and oxygen atoms in total. The number of fused-ring (bicyclic) bond motifs is 1. The molecule has 1 saturated heterocycles. The maximum Gasteiger partial charge on any atom is 0.387 e. The minimum Gasteiger partial charge on any atom is -0.435 e. The number of hydrogen-bond donors (Lipinski definition) is 0. The lowest BCUT2D eigenvalue weighted by Gasteiger charge is -2.34. The molecule has 152 valence electrons. The first-order valence-corrected chi connectivity index (χ1v) is 9.90. The molecular weight excluding hydrogens is 402 g/mol. The first-order valence-electron chi connectivity index (χ1n) is 9.02. The second kappa shape index (κ2) is 8.26. The quantitative estimate of drug-likeness (QED) is 0.634. The van der Waals surface area contributed by atoms with Crippen molar-refractivity contribution in [2.75, 3.05) is 26.2 Å². The molecule has 0 aliphatic carbocycles. The molecule has 29 heavy (non-hydrogen) atoms. The van der Waals surface area contributed by atoms with Gasteiger partial charge in [-0.05, 0) is 24.3 Å². The topological polar surface area (TPSA) is 67.2 Å². The summed E-state index contributed by atoms with van der Waals surface area (Å²) in [5.74, 6) is -0.128. The fourth-order valence-corrected chi connectivity index (χ4v) is 4.01. The van der Waals surface area contributed by atoms with E-state index in [-0.39, 0.29) is 17.2 Å². The van der Waals surface area contributed by atoms with E-state index in [9.17, 15) is 18.4 Å². The molecule has 1 aliphatic heterocycles. The van der Waals surface area contributed by atoms with E-state index in [4.69, 9.17) is 0 Å². The Kier molecular flexibility index (Phi) is 5.54. The number of ether oxygens (including phenoxy) is 1. The van der Waals surface area contributed by atoms with E-state index in [0.29, 0.717) is 48.9 Å². The molecule has 0 unspecified atom stereocenters. The fourth-order valence-electron chi connectivity index (χ4n) is 3.27. The SMILES string of the molecule is O=C(c1ccc(OC(F)F)cc1)N1CCN(Cc2cc(=O)n3ccsc3n2)CC1. The molecular formula is C19H18F2N4O3S. The van der Waals surface area contributed by atoms with Gasteiger partial charge in [0.2, 0.25) is 0 Å². The molecule has 1 fully saturated rings. The predicted octanol–water partition coefficient (Wildman–Crippen LogP) is 2.32. The van der Waals surface area contributed by atoms with Gasteiger partial charge in [0.05, 0.1) is 5.69 Å². The van der Waals surface area contributed by atoms with E-state index in [2.05, 4.69) is 14.6 Å². The number of carbonyl (C=O) groups excluding carboxylic acids is 1. The highest BCUT2D eigenvalue weighted by Gasteiger charge is 2.23. The van der Waals surface area contributed by atoms with Gasteiger partial charge in [0.1, 0.15) is 5.75 Å². The van der Waals surface area contributed by atoms with E-state index < -0.39 is 6.61 Å². The number of hydrogen-bond acceptors (Lipinski definition) is 6. The molecule has 10 heteroatoms. The Labute approximate surface area is 168 Å².